The van der Waals surface area contributed by atoms with E-state index in [1.54, 1.807) is 12.1 Å². The molecule has 2 aliphatic carbocycles. The lowest BCUT2D eigenvalue weighted by molar-refractivity contribution is 0.00758. The number of nitrogens with one attached hydrogen (secondary N) is 1. The van der Waals surface area contributed by atoms with Crippen LogP contribution in [0.3, 0.4) is 0 Å². The number of hydrogen-bond donors (Lipinski definition) is 1. The van der Waals surface area contributed by atoms with Crippen LogP contribution < -0.4 is 5.69 Å². The molecule has 2 heterocycles. The molecule has 6 nitrogen and oxygen atoms in total. The van der Waals surface area contributed by atoms with Crippen molar-refractivity contribution in [2.24, 2.45) is 17.8 Å². The van der Waals surface area contributed by atoms with Crippen molar-refractivity contribution in [2.45, 2.75) is 38.5 Å². The van der Waals surface area contributed by atoms with Crippen molar-refractivity contribution >= 4 is 11.6 Å². The predicted molar refractivity (Wildman–Crippen MR) is 84.3 cm³/mol. The van der Waals surface area contributed by atoms with Crippen LogP contribution in [-0.2, 0) is 4.74 Å². The van der Waals surface area contributed by atoms with Crippen molar-refractivity contribution in [3.8, 4) is 0 Å². The first-order chi connectivity index (χ1) is 11.2. The maximum Gasteiger partial charge on any atom is 0.347 e. The van der Waals surface area contributed by atoms with Crippen LogP contribution in [0.15, 0.2) is 23.1 Å². The maximum absolute atomic E-state index is 12.3. The highest BCUT2D eigenvalue weighted by Gasteiger charge is 2.36. The summed E-state index contributed by atoms with van der Waals surface area (Å²) in [6.07, 6.45) is 9.20. The molecule has 2 aromatic heterocycles. The second kappa shape index (κ2) is 5.83. The van der Waals surface area contributed by atoms with Crippen LogP contribution in [0.2, 0.25) is 0 Å². The van der Waals surface area contributed by atoms with Gasteiger partial charge in [-0.05, 0) is 29.9 Å². The number of hydrogen-bond acceptors (Lipinski definition) is 4. The quantitative estimate of drug-likeness (QED) is 0.860. The van der Waals surface area contributed by atoms with Gasteiger partial charge in [0.15, 0.2) is 5.65 Å². The number of pyridine rings is 1. The Morgan fingerprint density at radius 1 is 1.26 bits per heavy atom. The minimum atomic E-state index is -0.358. The van der Waals surface area contributed by atoms with E-state index in [1.807, 2.05) is 0 Å². The van der Waals surface area contributed by atoms with Crippen molar-refractivity contribution in [2.75, 3.05) is 6.61 Å². The molecule has 23 heavy (non-hydrogen) atoms. The highest BCUT2D eigenvalue weighted by molar-refractivity contribution is 5.89. The summed E-state index contributed by atoms with van der Waals surface area (Å²) in [5, 5.41) is 6.21. The summed E-state index contributed by atoms with van der Waals surface area (Å²) in [5.74, 6) is 1.62. The molecule has 4 rings (SSSR count). The van der Waals surface area contributed by atoms with Gasteiger partial charge in [0.1, 0.15) is 0 Å². The fourth-order valence-electron chi connectivity index (χ4n) is 3.67. The second-order valence-electron chi connectivity index (χ2n) is 6.82. The van der Waals surface area contributed by atoms with Crippen LogP contribution in [-0.4, -0.2) is 27.2 Å². The number of H-pyrrole nitrogens is 1. The van der Waals surface area contributed by atoms with Gasteiger partial charge >= 0.3 is 11.7 Å². The first-order valence-electron chi connectivity index (χ1n) is 8.46. The molecule has 2 aliphatic rings. The summed E-state index contributed by atoms with van der Waals surface area (Å²) in [5.41, 5.74) is 0.534. The summed E-state index contributed by atoms with van der Waals surface area (Å²) in [6.45, 7) is 0.506. The van der Waals surface area contributed by atoms with Crippen LogP contribution in [0.5, 0.6) is 0 Å². The Kier molecular flexibility index (Phi) is 3.67. The first kappa shape index (κ1) is 14.5. The molecule has 6 heteroatoms. The average Bonchev–Trinajstić information content (AvgIpc) is 2.82. The lowest BCUT2D eigenvalue weighted by Crippen LogP contribution is -2.36. The Morgan fingerprint density at radius 3 is 2.57 bits per heavy atom. The van der Waals surface area contributed by atoms with Crippen molar-refractivity contribution in [1.82, 2.24) is 14.6 Å². The van der Waals surface area contributed by atoms with E-state index in [1.165, 1.54) is 49.1 Å². The smallest absolute Gasteiger partial charge is 0.347 e. The molecule has 0 aromatic carbocycles. The number of aromatic nitrogens is 3. The van der Waals surface area contributed by atoms with Crippen molar-refractivity contribution in [3.05, 3.63) is 34.4 Å². The highest BCUT2D eigenvalue weighted by Crippen LogP contribution is 2.44. The standard InChI is InChI=1S/C17H21N3O3/c21-16(13-7-8-15-18-19-17(22)20(15)9-13)23-10-14(11-3-1-4-11)12-5-2-6-12/h7-9,11-12,14H,1-6,10H2,(H,19,22). The molecular weight excluding hydrogens is 294 g/mol. The molecule has 0 atom stereocenters. The zero-order valence-corrected chi connectivity index (χ0v) is 13.0. The summed E-state index contributed by atoms with van der Waals surface area (Å²) in [6, 6.07) is 3.30. The van der Waals surface area contributed by atoms with E-state index in [9.17, 15) is 9.59 Å². The third-order valence-electron chi connectivity index (χ3n) is 5.57. The van der Waals surface area contributed by atoms with E-state index in [4.69, 9.17) is 4.74 Å². The Balaban J connectivity index is 1.45. The molecule has 122 valence electrons. The normalized spacial score (nSPS) is 18.8. The van der Waals surface area contributed by atoms with Gasteiger partial charge in [0.25, 0.3) is 0 Å². The van der Waals surface area contributed by atoms with Crippen molar-refractivity contribution < 1.29 is 9.53 Å². The molecule has 0 radical (unpaired) electrons. The number of fused-ring (bicyclic) bond motifs is 1. The Labute approximate surface area is 133 Å². The molecule has 0 saturated heterocycles. The van der Waals surface area contributed by atoms with Gasteiger partial charge in [0.2, 0.25) is 0 Å². The highest BCUT2D eigenvalue weighted by atomic mass is 16.5. The van der Waals surface area contributed by atoms with Gasteiger partial charge in [-0.15, -0.1) is 0 Å². The Hall–Kier alpha value is -2.11. The van der Waals surface area contributed by atoms with Gasteiger partial charge in [-0.3, -0.25) is 0 Å². The second-order valence-corrected chi connectivity index (χ2v) is 6.82. The van der Waals surface area contributed by atoms with Crippen LogP contribution in [0.4, 0.5) is 0 Å². The lowest BCUT2D eigenvalue weighted by Gasteiger charge is -2.42. The first-order valence-corrected chi connectivity index (χ1v) is 8.46. The summed E-state index contributed by atoms with van der Waals surface area (Å²) in [7, 11) is 0. The number of aromatic amines is 1. The number of nitrogens with zero attached hydrogens (tertiary/aromatic N) is 2. The van der Waals surface area contributed by atoms with Crippen molar-refractivity contribution in [3.63, 3.8) is 0 Å². The van der Waals surface area contributed by atoms with E-state index in [0.717, 1.165) is 11.8 Å². The van der Waals surface area contributed by atoms with E-state index in [0.29, 0.717) is 23.7 Å². The zero-order chi connectivity index (χ0) is 15.8. The number of carbonyl (C=O) groups is 1. The number of rotatable bonds is 5. The van der Waals surface area contributed by atoms with Gasteiger partial charge in [-0.25, -0.2) is 19.1 Å². The maximum atomic E-state index is 12.3. The predicted octanol–water partition coefficient (Wildman–Crippen LogP) is 2.40. The minimum absolute atomic E-state index is 0.350. The topological polar surface area (TPSA) is 76.5 Å². The number of carbonyl (C=O) groups excluding carboxylic acids is 1. The molecule has 2 aromatic rings. The zero-order valence-electron chi connectivity index (χ0n) is 13.0. The van der Waals surface area contributed by atoms with Crippen molar-refractivity contribution in [1.29, 1.82) is 0 Å². The minimum Gasteiger partial charge on any atom is -0.462 e. The molecule has 0 bridgehead atoms. The van der Waals surface area contributed by atoms with Crippen LogP contribution in [0.25, 0.3) is 5.65 Å². The Morgan fingerprint density at radius 2 is 1.96 bits per heavy atom. The molecule has 2 saturated carbocycles. The molecular formula is C17H21N3O3. The van der Waals surface area contributed by atoms with Gasteiger partial charge < -0.3 is 4.74 Å². The average molecular weight is 315 g/mol. The van der Waals surface area contributed by atoms with Gasteiger partial charge in [0, 0.05) is 6.20 Å². The van der Waals surface area contributed by atoms with Crippen LogP contribution >= 0.6 is 0 Å². The van der Waals surface area contributed by atoms with E-state index in [-0.39, 0.29) is 11.7 Å². The van der Waals surface area contributed by atoms with E-state index < -0.39 is 0 Å². The fourth-order valence-corrected chi connectivity index (χ4v) is 3.67. The third-order valence-corrected chi connectivity index (χ3v) is 5.57. The number of esters is 1. The SMILES string of the molecule is O=C(OCC(C1CCC1)C1CCC1)c1ccc2n[nH]c(=O)n2c1. The summed E-state index contributed by atoms with van der Waals surface area (Å²) < 4.78 is 6.91. The van der Waals surface area contributed by atoms with E-state index in [2.05, 4.69) is 10.2 Å². The summed E-state index contributed by atoms with van der Waals surface area (Å²) >= 11 is 0. The van der Waals surface area contributed by atoms with Crippen LogP contribution in [0.1, 0.15) is 48.9 Å². The molecule has 0 spiro atoms. The number of ether oxygens (including phenoxy) is 1. The van der Waals surface area contributed by atoms with Gasteiger partial charge in [-0.2, -0.15) is 5.10 Å². The van der Waals surface area contributed by atoms with E-state index >= 15 is 0 Å². The van der Waals surface area contributed by atoms with Gasteiger partial charge in [0.05, 0.1) is 12.2 Å². The largest absolute Gasteiger partial charge is 0.462 e. The summed E-state index contributed by atoms with van der Waals surface area (Å²) in [4.78, 5) is 23.9. The monoisotopic (exact) mass is 315 g/mol. The lowest BCUT2D eigenvalue weighted by atomic mass is 9.65. The van der Waals surface area contributed by atoms with Gasteiger partial charge in [-0.1, -0.05) is 38.5 Å². The fraction of sp³-hybridized carbons (Fsp3) is 0.588. The molecule has 1 N–H and O–H groups in total. The van der Waals surface area contributed by atoms with Crippen LogP contribution in [0, 0.1) is 17.8 Å². The molecule has 2 fully saturated rings. The molecule has 0 amide bonds. The molecule has 0 aliphatic heterocycles. The third kappa shape index (κ3) is 2.66. The molecule has 0 unspecified atom stereocenters. The Bertz CT molecular complexity index is 757.